The van der Waals surface area contributed by atoms with Crippen LogP contribution < -0.4 is 18.3 Å². The van der Waals surface area contributed by atoms with Gasteiger partial charge in [-0.1, -0.05) is 149 Å². The summed E-state index contributed by atoms with van der Waals surface area (Å²) in [5.74, 6) is -3.38. The molecule has 16 rings (SSSR count). The number of nitrogens with zero attached hydrogens (tertiary/aromatic N) is 4. The maximum absolute atomic E-state index is 8.46. The molecule has 0 spiro atoms. The van der Waals surface area contributed by atoms with E-state index in [1.165, 1.54) is 47.0 Å². The molecule has 2 atom stereocenters. The second-order valence-electron chi connectivity index (χ2n) is 24.1. The van der Waals surface area contributed by atoms with Crippen LogP contribution >= 0.6 is 0 Å². The molecule has 0 amide bonds. The van der Waals surface area contributed by atoms with Crippen LogP contribution in [0.15, 0.2) is 237 Å². The van der Waals surface area contributed by atoms with Gasteiger partial charge in [0.05, 0.1) is 22.3 Å². The molecule has 0 N–H and O–H groups in total. The van der Waals surface area contributed by atoms with E-state index in [0.717, 1.165) is 127 Å². The van der Waals surface area contributed by atoms with Crippen molar-refractivity contribution in [1.82, 2.24) is 0 Å². The topological polar surface area (TPSA) is 68.1 Å². The molecular formula is C84H80N4O4+4. The van der Waals surface area contributed by atoms with Crippen molar-refractivity contribution in [2.45, 2.75) is 80.8 Å². The fourth-order valence-corrected chi connectivity index (χ4v) is 12.8. The maximum Gasteiger partial charge on any atom is 0.216 e. The summed E-state index contributed by atoms with van der Waals surface area (Å²) in [4.78, 5) is 0. The maximum atomic E-state index is 8.46. The highest BCUT2D eigenvalue weighted by Gasteiger charge is 2.26. The molecule has 8 heteroatoms. The SMILES string of the molecule is Cc1cc[n+](C)c(-c2c(C)ccc3c2oc2ccccc23)c1.[2H]C([2H])([2H])C([2H])(C)c1cc[n+](C)c(-c2c(C)ccc3c2oc2ccccc23)c1.[2H]C([2H])([2H])C([2H])(C)c1ccc(-c2c(C)ccc3c2oc2ccccc23)[n+](C)c1.[2H]C([2H])([2H])c1ccc(-c2c(C)ccc3c2oc2ccccc23)[n+](C)c1. The first-order chi connectivity index (χ1) is 48.7. The van der Waals surface area contributed by atoms with E-state index < -0.39 is 32.3 Å². The zero-order valence-corrected chi connectivity index (χ0v) is 53.7. The van der Waals surface area contributed by atoms with Crippen LogP contribution in [0.25, 0.3) is 133 Å². The van der Waals surface area contributed by atoms with Crippen molar-refractivity contribution >= 4 is 87.8 Å². The molecule has 16 aromatic rings. The van der Waals surface area contributed by atoms with Gasteiger partial charge < -0.3 is 17.7 Å². The van der Waals surface area contributed by atoms with Crippen LogP contribution in [-0.4, -0.2) is 0 Å². The zero-order chi connectivity index (χ0) is 73.6. The van der Waals surface area contributed by atoms with Crippen molar-refractivity contribution in [3.63, 3.8) is 0 Å². The Hall–Kier alpha value is -10.4. The summed E-state index contributed by atoms with van der Waals surface area (Å²) in [6.45, 7) is 6.28. The fraction of sp³-hybridized carbons (Fsp3) is 0.190. The van der Waals surface area contributed by atoms with Gasteiger partial charge in [-0.25, -0.2) is 18.3 Å². The van der Waals surface area contributed by atoms with E-state index >= 15 is 0 Å². The first-order valence-electron chi connectivity index (χ1n) is 36.3. The molecule has 0 fully saturated rings. The zero-order valence-electron chi connectivity index (χ0n) is 64.7. The van der Waals surface area contributed by atoms with E-state index in [-0.39, 0.29) is 0 Å². The van der Waals surface area contributed by atoms with E-state index in [4.69, 9.17) is 32.7 Å². The van der Waals surface area contributed by atoms with Gasteiger partial charge in [-0.2, -0.15) is 0 Å². The van der Waals surface area contributed by atoms with Gasteiger partial charge in [-0.15, -0.1) is 0 Å². The standard InChI is InChI=1S/2C22H22NO.2C20H18NO/c1-14(2)16-10-12-19(23(4)13-16)21-15(3)9-11-18-17-7-5-6-8-20(17)24-22(18)21;1-14(2)16-11-12-23(4)19(13-16)21-15(3)9-10-18-17-7-5-6-8-20(17)24-22(18)21;1-13-8-11-17(21(3)12-13)19-14(2)9-10-16-15-6-4-5-7-18(15)22-20(16)19;1-13-10-11-21(3)17(12-13)19-14(2)8-9-16-15-6-4-5-7-18(15)22-20(16)19/h2*5-14H,1-4H3;2*4-12H,1-3H3/q4*+1/i2*1D3,14D;1D3;. The first-order valence-corrected chi connectivity index (χ1v) is 30.8. The predicted octanol–water partition coefficient (Wildman–Crippen LogP) is 20.4. The predicted molar refractivity (Wildman–Crippen MR) is 378 cm³/mol. The van der Waals surface area contributed by atoms with Gasteiger partial charge in [-0.3, -0.25) is 0 Å². The van der Waals surface area contributed by atoms with Gasteiger partial charge in [0.1, 0.15) is 72.9 Å². The Morgan fingerprint density at radius 1 is 0.326 bits per heavy atom. The lowest BCUT2D eigenvalue weighted by Crippen LogP contribution is -2.31. The third kappa shape index (κ3) is 11.2. The minimum absolute atomic E-state index is 0.327. The highest BCUT2D eigenvalue weighted by Crippen LogP contribution is 2.41. The van der Waals surface area contributed by atoms with Gasteiger partial charge in [0.15, 0.2) is 24.8 Å². The summed E-state index contributed by atoms with van der Waals surface area (Å²) < 4.78 is 118. The lowest BCUT2D eigenvalue weighted by Gasteiger charge is -2.09. The largest absolute Gasteiger partial charge is 0.455 e. The molecule has 0 bridgehead atoms. The van der Waals surface area contributed by atoms with Gasteiger partial charge >= 0.3 is 0 Å². The highest BCUT2D eigenvalue weighted by molar-refractivity contribution is 6.13. The molecule has 8 aromatic heterocycles. The van der Waals surface area contributed by atoms with Crippen LogP contribution in [0, 0.1) is 41.5 Å². The van der Waals surface area contributed by atoms with Gasteiger partial charge in [-0.05, 0) is 123 Å². The van der Waals surface area contributed by atoms with E-state index in [1.54, 1.807) is 36.7 Å². The van der Waals surface area contributed by atoms with Crippen molar-refractivity contribution in [3.05, 3.63) is 263 Å². The number of fused-ring (bicyclic) bond motifs is 12. The molecule has 92 heavy (non-hydrogen) atoms. The minimum atomic E-state index is -2.43. The fourth-order valence-electron chi connectivity index (χ4n) is 12.8. The number of furan rings is 4. The van der Waals surface area contributed by atoms with Crippen LogP contribution in [0.2, 0.25) is 0 Å². The van der Waals surface area contributed by atoms with Crippen molar-refractivity contribution in [3.8, 4) is 45.0 Å². The summed E-state index contributed by atoms with van der Waals surface area (Å²) >= 11 is 0. The summed E-state index contributed by atoms with van der Waals surface area (Å²) in [6.07, 6.45) is 7.31. The average Bonchev–Trinajstić information content (AvgIpc) is 1.69. The lowest BCUT2D eigenvalue weighted by molar-refractivity contribution is -0.660. The third-order valence-corrected chi connectivity index (χ3v) is 17.6. The second-order valence-corrected chi connectivity index (χ2v) is 24.1. The Labute approximate surface area is 553 Å². The quantitative estimate of drug-likeness (QED) is 0.156. The first kappa shape index (κ1) is 48.4. The van der Waals surface area contributed by atoms with Crippen LogP contribution in [-0.2, 0) is 28.2 Å². The van der Waals surface area contributed by atoms with E-state index in [1.807, 2.05) is 153 Å². The average molecular weight is 1220 g/mol. The normalized spacial score (nSPS) is 15.0. The molecule has 0 aliphatic carbocycles. The number of pyridine rings is 4. The number of aryl methyl sites for hydroxylation is 10. The van der Waals surface area contributed by atoms with E-state index in [0.29, 0.717) is 16.7 Å². The number of aromatic nitrogens is 4. The van der Waals surface area contributed by atoms with Gasteiger partial charge in [0, 0.05) is 106 Å². The van der Waals surface area contributed by atoms with Crippen LogP contribution in [0.5, 0.6) is 0 Å². The molecule has 2 unspecified atom stereocenters. The van der Waals surface area contributed by atoms with Gasteiger partial charge in [0.25, 0.3) is 0 Å². The molecule has 0 saturated heterocycles. The van der Waals surface area contributed by atoms with Crippen molar-refractivity contribution in [1.29, 1.82) is 0 Å². The Morgan fingerprint density at radius 2 is 0.685 bits per heavy atom. The molecule has 8 heterocycles. The summed E-state index contributed by atoms with van der Waals surface area (Å²) in [7, 11) is 7.73. The van der Waals surface area contributed by atoms with Gasteiger partial charge in [0.2, 0.25) is 22.8 Å². The van der Waals surface area contributed by atoms with Crippen LogP contribution in [0.3, 0.4) is 0 Å². The van der Waals surface area contributed by atoms with Crippen molar-refractivity contribution in [2.75, 3.05) is 0 Å². The molecule has 8 nitrogen and oxygen atoms in total. The van der Waals surface area contributed by atoms with E-state index in [9.17, 15) is 0 Å². The Bertz CT molecular complexity index is 5990. The van der Waals surface area contributed by atoms with E-state index in [2.05, 4.69) is 111 Å². The molecule has 0 aliphatic rings. The molecular weight excluding hydrogens is 1130 g/mol. The smallest absolute Gasteiger partial charge is 0.216 e. The number of hydrogen-bond acceptors (Lipinski definition) is 4. The van der Waals surface area contributed by atoms with Crippen LogP contribution in [0.4, 0.5) is 0 Å². The third-order valence-electron chi connectivity index (χ3n) is 17.6. The van der Waals surface area contributed by atoms with Crippen LogP contribution in [0.1, 0.15) is 98.9 Å². The number of para-hydroxylation sites is 4. The molecule has 0 aliphatic heterocycles. The van der Waals surface area contributed by atoms with Crippen molar-refractivity contribution < 1.29 is 51.0 Å². The Kier molecular flexibility index (Phi) is 13.0. The highest BCUT2D eigenvalue weighted by atomic mass is 16.3. The molecule has 8 aromatic carbocycles. The summed E-state index contributed by atoms with van der Waals surface area (Å²) in [5, 5.41) is 8.69. The van der Waals surface area contributed by atoms with Crippen molar-refractivity contribution in [2.24, 2.45) is 28.2 Å². The number of hydrogen-bond donors (Lipinski definition) is 0. The Morgan fingerprint density at radius 3 is 1.08 bits per heavy atom. The summed E-state index contributed by atoms with van der Waals surface area (Å²) in [6, 6.07) is 63.8. The molecule has 0 radical (unpaired) electrons. The Balaban J connectivity index is 0.000000123. The number of rotatable bonds is 6. The molecule has 456 valence electrons. The second kappa shape index (κ2) is 24.7. The number of benzene rings is 8. The summed E-state index contributed by atoms with van der Waals surface area (Å²) in [5.41, 5.74) is 21.6. The molecule has 0 saturated carbocycles. The lowest BCUT2D eigenvalue weighted by atomic mass is 9.97. The minimum Gasteiger partial charge on any atom is -0.455 e. The monoisotopic (exact) mass is 1220 g/mol.